The molecule has 0 aromatic rings. The minimum atomic E-state index is -0.180. The van der Waals surface area contributed by atoms with Crippen LogP contribution in [0.2, 0.25) is 0 Å². The first-order valence-corrected chi connectivity index (χ1v) is 4.99. The maximum absolute atomic E-state index is 11.5. The highest BCUT2D eigenvalue weighted by molar-refractivity contribution is 5.81. The fraction of sp³-hybridized carbons (Fsp3) is 0.889. The van der Waals surface area contributed by atoms with Gasteiger partial charge < -0.3 is 15.4 Å². The summed E-state index contributed by atoms with van der Waals surface area (Å²) in [5.74, 6) is 0.0752. The molecule has 0 aromatic heterocycles. The molecule has 4 nitrogen and oxygen atoms in total. The van der Waals surface area contributed by atoms with Crippen molar-refractivity contribution in [3.8, 4) is 0 Å². The van der Waals surface area contributed by atoms with Gasteiger partial charge in [0.05, 0.1) is 0 Å². The molecule has 0 radical (unpaired) electrons. The van der Waals surface area contributed by atoms with Crippen LogP contribution in [0, 0.1) is 0 Å². The lowest BCUT2D eigenvalue weighted by Crippen LogP contribution is -2.42. The highest BCUT2D eigenvalue weighted by Crippen LogP contribution is 2.12. The second-order valence-electron chi connectivity index (χ2n) is 3.70. The number of amides is 1. The number of carbonyl (C=O) groups is 1. The van der Waals surface area contributed by atoms with Gasteiger partial charge in [-0.2, -0.15) is 0 Å². The van der Waals surface area contributed by atoms with E-state index in [4.69, 9.17) is 4.74 Å². The van der Waals surface area contributed by atoms with Gasteiger partial charge in [-0.1, -0.05) is 0 Å². The van der Waals surface area contributed by atoms with Gasteiger partial charge in [0, 0.05) is 19.2 Å². The number of nitrogens with one attached hydrogen (secondary N) is 2. The van der Waals surface area contributed by atoms with Crippen LogP contribution in [0.15, 0.2) is 0 Å². The van der Waals surface area contributed by atoms with Gasteiger partial charge in [-0.25, -0.2) is 0 Å². The van der Waals surface area contributed by atoms with E-state index in [0.717, 1.165) is 39.0 Å². The Hall–Kier alpha value is -0.610. The summed E-state index contributed by atoms with van der Waals surface area (Å²) in [7, 11) is 0. The van der Waals surface area contributed by atoms with Gasteiger partial charge in [-0.15, -0.1) is 0 Å². The van der Waals surface area contributed by atoms with Crippen molar-refractivity contribution in [2.24, 2.45) is 0 Å². The molecule has 0 aliphatic carbocycles. The number of rotatable bonds is 2. The first-order valence-electron chi connectivity index (χ1n) is 4.99. The Bertz CT molecular complexity index is 184. The third kappa shape index (κ3) is 2.19. The van der Waals surface area contributed by atoms with E-state index in [1.807, 2.05) is 0 Å². The van der Waals surface area contributed by atoms with Crippen molar-refractivity contribution in [1.82, 2.24) is 10.6 Å². The molecule has 13 heavy (non-hydrogen) atoms. The van der Waals surface area contributed by atoms with Crippen molar-refractivity contribution in [2.75, 3.05) is 19.7 Å². The second kappa shape index (κ2) is 4.07. The largest absolute Gasteiger partial charge is 0.368 e. The van der Waals surface area contributed by atoms with Crippen LogP contribution < -0.4 is 10.6 Å². The smallest absolute Gasteiger partial charge is 0.249 e. The Morgan fingerprint density at radius 2 is 2.38 bits per heavy atom. The SMILES string of the molecule is O=C(N[C@@H]1CCNC1)C1CCCO1. The molecule has 2 N–H and O–H groups in total. The summed E-state index contributed by atoms with van der Waals surface area (Å²) in [6.45, 7) is 2.65. The molecule has 2 atom stereocenters. The molecule has 2 aliphatic rings. The molecule has 0 saturated carbocycles. The Balaban J connectivity index is 1.76. The molecule has 0 aromatic carbocycles. The summed E-state index contributed by atoms with van der Waals surface area (Å²) in [6.07, 6.45) is 2.76. The zero-order chi connectivity index (χ0) is 9.10. The van der Waals surface area contributed by atoms with E-state index in [1.165, 1.54) is 0 Å². The number of carbonyl (C=O) groups excluding carboxylic acids is 1. The van der Waals surface area contributed by atoms with Crippen LogP contribution in [-0.2, 0) is 9.53 Å². The summed E-state index contributed by atoms with van der Waals surface area (Å²) >= 11 is 0. The average Bonchev–Trinajstić information content (AvgIpc) is 2.74. The van der Waals surface area contributed by atoms with Gasteiger partial charge in [0.2, 0.25) is 5.91 Å². The molecule has 2 aliphatic heterocycles. The van der Waals surface area contributed by atoms with Crippen LogP contribution in [0.1, 0.15) is 19.3 Å². The highest BCUT2D eigenvalue weighted by Gasteiger charge is 2.26. The summed E-state index contributed by atoms with van der Waals surface area (Å²) in [4.78, 5) is 11.5. The van der Waals surface area contributed by atoms with Crippen LogP contribution in [0.25, 0.3) is 0 Å². The lowest BCUT2D eigenvalue weighted by atomic mass is 10.2. The molecule has 0 spiro atoms. The van der Waals surface area contributed by atoms with Crippen molar-refractivity contribution in [3.63, 3.8) is 0 Å². The third-order valence-electron chi connectivity index (χ3n) is 2.63. The van der Waals surface area contributed by atoms with E-state index < -0.39 is 0 Å². The second-order valence-corrected chi connectivity index (χ2v) is 3.70. The zero-order valence-electron chi connectivity index (χ0n) is 7.71. The Labute approximate surface area is 78.0 Å². The minimum Gasteiger partial charge on any atom is -0.368 e. The van der Waals surface area contributed by atoms with E-state index in [2.05, 4.69) is 10.6 Å². The fourth-order valence-corrected chi connectivity index (χ4v) is 1.86. The van der Waals surface area contributed by atoms with Crippen LogP contribution in [0.5, 0.6) is 0 Å². The number of hydrogen-bond donors (Lipinski definition) is 2. The number of ether oxygens (including phenoxy) is 1. The number of hydrogen-bond acceptors (Lipinski definition) is 3. The summed E-state index contributed by atoms with van der Waals surface area (Å²) < 4.78 is 5.29. The molecule has 2 fully saturated rings. The maximum Gasteiger partial charge on any atom is 0.249 e. The van der Waals surface area contributed by atoms with Gasteiger partial charge in [0.25, 0.3) is 0 Å². The van der Waals surface area contributed by atoms with Crippen LogP contribution >= 0.6 is 0 Å². The standard InChI is InChI=1S/C9H16N2O2/c12-9(8-2-1-5-13-8)11-7-3-4-10-6-7/h7-8,10H,1-6H2,(H,11,12)/t7-,8?/m1/s1. The molecule has 2 rings (SSSR count). The van der Waals surface area contributed by atoms with Crippen molar-refractivity contribution >= 4 is 5.91 Å². The minimum absolute atomic E-state index is 0.0752. The van der Waals surface area contributed by atoms with Crippen LogP contribution in [0.4, 0.5) is 0 Å². The monoisotopic (exact) mass is 184 g/mol. The maximum atomic E-state index is 11.5. The topological polar surface area (TPSA) is 50.4 Å². The molecule has 0 bridgehead atoms. The molecule has 1 amide bonds. The Morgan fingerprint density at radius 1 is 1.46 bits per heavy atom. The summed E-state index contributed by atoms with van der Waals surface area (Å²) in [6, 6.07) is 0.316. The molecule has 2 heterocycles. The normalized spacial score (nSPS) is 33.5. The lowest BCUT2D eigenvalue weighted by Gasteiger charge is -2.14. The average molecular weight is 184 g/mol. The highest BCUT2D eigenvalue weighted by atomic mass is 16.5. The molecule has 1 unspecified atom stereocenters. The van der Waals surface area contributed by atoms with E-state index >= 15 is 0 Å². The van der Waals surface area contributed by atoms with Crippen molar-refractivity contribution in [3.05, 3.63) is 0 Å². The van der Waals surface area contributed by atoms with E-state index in [0.29, 0.717) is 6.04 Å². The molecular weight excluding hydrogens is 168 g/mol. The molecule has 2 saturated heterocycles. The lowest BCUT2D eigenvalue weighted by molar-refractivity contribution is -0.130. The first kappa shape index (κ1) is 8.97. The van der Waals surface area contributed by atoms with E-state index in [-0.39, 0.29) is 12.0 Å². The molecular formula is C9H16N2O2. The predicted octanol–water partition coefficient (Wildman–Crippen LogP) is -0.357. The van der Waals surface area contributed by atoms with Gasteiger partial charge in [-0.3, -0.25) is 4.79 Å². The fourth-order valence-electron chi connectivity index (χ4n) is 1.86. The van der Waals surface area contributed by atoms with Crippen molar-refractivity contribution < 1.29 is 9.53 Å². The van der Waals surface area contributed by atoms with Gasteiger partial charge >= 0.3 is 0 Å². The first-order chi connectivity index (χ1) is 6.36. The van der Waals surface area contributed by atoms with Crippen LogP contribution in [0.3, 0.4) is 0 Å². The molecule has 4 heteroatoms. The quantitative estimate of drug-likeness (QED) is 0.616. The third-order valence-corrected chi connectivity index (χ3v) is 2.63. The molecule has 74 valence electrons. The Morgan fingerprint density at radius 3 is 3.00 bits per heavy atom. The van der Waals surface area contributed by atoms with Gasteiger partial charge in [-0.05, 0) is 25.8 Å². The zero-order valence-corrected chi connectivity index (χ0v) is 7.71. The van der Waals surface area contributed by atoms with Gasteiger partial charge in [0.15, 0.2) is 0 Å². The predicted molar refractivity (Wildman–Crippen MR) is 48.4 cm³/mol. The summed E-state index contributed by atoms with van der Waals surface area (Å²) in [5, 5.41) is 6.21. The van der Waals surface area contributed by atoms with Crippen molar-refractivity contribution in [1.29, 1.82) is 0 Å². The van der Waals surface area contributed by atoms with Gasteiger partial charge in [0.1, 0.15) is 6.10 Å². The Kier molecular flexibility index (Phi) is 2.80. The van der Waals surface area contributed by atoms with Crippen LogP contribution in [-0.4, -0.2) is 37.7 Å². The summed E-state index contributed by atoms with van der Waals surface area (Å²) in [5.41, 5.74) is 0. The van der Waals surface area contributed by atoms with E-state index in [1.54, 1.807) is 0 Å². The van der Waals surface area contributed by atoms with E-state index in [9.17, 15) is 4.79 Å². The van der Waals surface area contributed by atoms with Crippen molar-refractivity contribution in [2.45, 2.75) is 31.4 Å².